The van der Waals surface area contributed by atoms with Crippen molar-refractivity contribution in [2.24, 2.45) is 5.41 Å². The number of fused-ring (bicyclic) bond motifs is 1. The van der Waals surface area contributed by atoms with Gasteiger partial charge in [0.05, 0.1) is 19.2 Å². The first-order chi connectivity index (χ1) is 12.8. The summed E-state index contributed by atoms with van der Waals surface area (Å²) in [6.07, 6.45) is 1.70. The molecule has 0 aliphatic heterocycles. The second-order valence-electron chi connectivity index (χ2n) is 7.17. The van der Waals surface area contributed by atoms with Crippen LogP contribution in [0.5, 0.6) is 5.75 Å². The highest BCUT2D eigenvalue weighted by Gasteiger charge is 2.28. The van der Waals surface area contributed by atoms with Gasteiger partial charge in [-0.1, -0.05) is 20.8 Å². The molecule has 0 atom stereocenters. The summed E-state index contributed by atoms with van der Waals surface area (Å²) >= 11 is 1.48. The van der Waals surface area contributed by atoms with Crippen LogP contribution < -0.4 is 10.1 Å². The number of nitrogens with one attached hydrogen (secondary N) is 1. The largest absolute Gasteiger partial charge is 0.497 e. The molecule has 0 aliphatic carbocycles. The molecule has 0 radical (unpaired) electrons. The van der Waals surface area contributed by atoms with Crippen LogP contribution in [0.25, 0.3) is 10.9 Å². The van der Waals surface area contributed by atoms with Crippen LogP contribution in [0.2, 0.25) is 0 Å². The molecule has 3 rings (SSSR count). The minimum absolute atomic E-state index is 0.00641. The average molecular weight is 386 g/mol. The first-order valence-corrected chi connectivity index (χ1v) is 9.42. The van der Waals surface area contributed by atoms with Crippen molar-refractivity contribution in [3.05, 3.63) is 40.5 Å². The van der Waals surface area contributed by atoms with Crippen LogP contribution in [-0.2, 0) is 17.9 Å². The number of ether oxygens (including phenoxy) is 1. The summed E-state index contributed by atoms with van der Waals surface area (Å²) in [5.41, 5.74) is 0.485. The van der Waals surface area contributed by atoms with Crippen molar-refractivity contribution < 1.29 is 14.3 Å². The van der Waals surface area contributed by atoms with E-state index in [1.165, 1.54) is 11.3 Å². The van der Waals surface area contributed by atoms with Gasteiger partial charge in [0.25, 0.3) is 0 Å². The predicted octanol–water partition coefficient (Wildman–Crippen LogP) is 3.05. The Morgan fingerprint density at radius 2 is 2.07 bits per heavy atom. The van der Waals surface area contributed by atoms with E-state index in [2.05, 4.69) is 15.4 Å². The first-order valence-electron chi connectivity index (χ1n) is 8.54. The second kappa shape index (κ2) is 7.48. The van der Waals surface area contributed by atoms with Crippen molar-refractivity contribution >= 4 is 33.9 Å². The van der Waals surface area contributed by atoms with E-state index in [0.29, 0.717) is 28.9 Å². The molecule has 0 spiro atoms. The number of rotatable bonds is 6. The number of hydrogen-bond acceptors (Lipinski definition) is 6. The quantitative estimate of drug-likeness (QED) is 0.658. The van der Waals surface area contributed by atoms with Crippen LogP contribution in [0, 0.1) is 5.41 Å². The maximum atomic E-state index is 12.8. The van der Waals surface area contributed by atoms with E-state index in [9.17, 15) is 9.59 Å². The lowest BCUT2D eigenvalue weighted by atomic mass is 9.88. The lowest BCUT2D eigenvalue weighted by Gasteiger charge is -2.14. The fourth-order valence-electron chi connectivity index (χ4n) is 2.63. The molecule has 2 aromatic heterocycles. The average Bonchev–Trinajstić information content (AvgIpc) is 3.26. The summed E-state index contributed by atoms with van der Waals surface area (Å²) in [7, 11) is 1.57. The third-order valence-corrected chi connectivity index (χ3v) is 4.85. The normalized spacial score (nSPS) is 11.6. The van der Waals surface area contributed by atoms with E-state index < -0.39 is 5.41 Å². The maximum Gasteiger partial charge on any atom is 0.242 e. The second-order valence-corrected chi connectivity index (χ2v) is 8.15. The monoisotopic (exact) mass is 386 g/mol. The highest BCUT2D eigenvalue weighted by Crippen LogP contribution is 2.28. The predicted molar refractivity (Wildman–Crippen MR) is 104 cm³/mol. The molecule has 0 aliphatic rings. The van der Waals surface area contributed by atoms with Crippen LogP contribution in [0.3, 0.4) is 0 Å². The molecule has 0 saturated carbocycles. The number of hydrogen-bond donors (Lipinski definition) is 1. The third-order valence-electron chi connectivity index (χ3n) is 4.07. The van der Waals surface area contributed by atoms with Crippen LogP contribution in [-0.4, -0.2) is 33.6 Å². The molecule has 0 unspecified atom stereocenters. The molecule has 1 aromatic carbocycles. The Morgan fingerprint density at radius 1 is 1.30 bits per heavy atom. The van der Waals surface area contributed by atoms with Gasteiger partial charge in [-0.2, -0.15) is 5.10 Å². The van der Waals surface area contributed by atoms with Gasteiger partial charge in [-0.15, -0.1) is 11.3 Å². The molecule has 0 bridgehead atoms. The smallest absolute Gasteiger partial charge is 0.242 e. The number of benzene rings is 1. The zero-order valence-electron chi connectivity index (χ0n) is 15.8. The fourth-order valence-corrected chi connectivity index (χ4v) is 3.19. The summed E-state index contributed by atoms with van der Waals surface area (Å²) in [5.74, 6) is 0.369. The van der Waals surface area contributed by atoms with Gasteiger partial charge in [0.15, 0.2) is 5.78 Å². The van der Waals surface area contributed by atoms with Gasteiger partial charge in [-0.05, 0) is 12.1 Å². The van der Waals surface area contributed by atoms with E-state index in [1.807, 2.05) is 32.2 Å². The summed E-state index contributed by atoms with van der Waals surface area (Å²) in [6, 6.07) is 5.39. The lowest BCUT2D eigenvalue weighted by molar-refractivity contribution is -0.121. The Labute approximate surface area is 161 Å². The minimum atomic E-state index is -0.570. The van der Waals surface area contributed by atoms with Gasteiger partial charge >= 0.3 is 0 Å². The minimum Gasteiger partial charge on any atom is -0.497 e. The molecular weight excluding hydrogens is 364 g/mol. The van der Waals surface area contributed by atoms with Gasteiger partial charge in [0.2, 0.25) is 5.91 Å². The molecule has 0 saturated heterocycles. The Morgan fingerprint density at radius 3 is 2.70 bits per heavy atom. The number of ketones is 1. The fraction of sp³-hybridized carbons (Fsp3) is 0.368. The van der Waals surface area contributed by atoms with Crippen LogP contribution in [0.1, 0.15) is 36.3 Å². The summed E-state index contributed by atoms with van der Waals surface area (Å²) < 4.78 is 6.83. The highest BCUT2D eigenvalue weighted by molar-refractivity contribution is 7.09. The van der Waals surface area contributed by atoms with E-state index in [4.69, 9.17) is 4.74 Å². The standard InChI is InChI=1S/C19H22N4O3S/c1-19(2,3)18(25)17-13-6-5-12(26-4)9-14(13)23(22-17)11-15(24)21-10-16-20-7-8-27-16/h5-9H,10-11H2,1-4H3,(H,21,24). The molecule has 142 valence electrons. The van der Waals surface area contributed by atoms with Crippen LogP contribution in [0.15, 0.2) is 29.8 Å². The molecule has 3 aromatic rings. The maximum absolute atomic E-state index is 12.8. The first kappa shape index (κ1) is 19.0. The van der Waals surface area contributed by atoms with Crippen molar-refractivity contribution in [2.75, 3.05) is 7.11 Å². The van der Waals surface area contributed by atoms with E-state index in [-0.39, 0.29) is 18.2 Å². The number of amides is 1. The van der Waals surface area contributed by atoms with Gasteiger partial charge in [-0.3, -0.25) is 14.3 Å². The van der Waals surface area contributed by atoms with Crippen LogP contribution in [0.4, 0.5) is 0 Å². The van der Waals surface area contributed by atoms with Crippen molar-refractivity contribution in [1.82, 2.24) is 20.1 Å². The zero-order chi connectivity index (χ0) is 19.6. The Balaban J connectivity index is 1.91. The number of thiazole rings is 1. The van der Waals surface area contributed by atoms with Crippen molar-refractivity contribution in [2.45, 2.75) is 33.9 Å². The zero-order valence-corrected chi connectivity index (χ0v) is 16.6. The number of Topliss-reactive ketones (excluding diaryl/α,β-unsaturated/α-hetero) is 1. The van der Waals surface area contributed by atoms with Gasteiger partial charge in [0.1, 0.15) is 23.0 Å². The molecule has 27 heavy (non-hydrogen) atoms. The van der Waals surface area contributed by atoms with E-state index >= 15 is 0 Å². The highest BCUT2D eigenvalue weighted by atomic mass is 32.1. The van der Waals surface area contributed by atoms with Crippen molar-refractivity contribution in [3.8, 4) is 5.75 Å². The Hall–Kier alpha value is -2.74. The number of aromatic nitrogens is 3. The third kappa shape index (κ3) is 4.16. The van der Waals surface area contributed by atoms with E-state index in [1.54, 1.807) is 30.1 Å². The molecular formula is C19H22N4O3S. The Kier molecular flexibility index (Phi) is 5.27. The summed E-state index contributed by atoms with van der Waals surface area (Å²) in [6.45, 7) is 5.93. The molecule has 1 amide bonds. The molecule has 8 heteroatoms. The lowest BCUT2D eigenvalue weighted by Crippen LogP contribution is -2.28. The number of carbonyl (C=O) groups excluding carboxylic acids is 2. The van der Waals surface area contributed by atoms with Crippen LogP contribution >= 0.6 is 11.3 Å². The molecule has 2 heterocycles. The molecule has 0 fully saturated rings. The molecule has 7 nitrogen and oxygen atoms in total. The SMILES string of the molecule is COc1ccc2c(C(=O)C(C)(C)C)nn(CC(=O)NCc3nccs3)c2c1. The van der Waals surface area contributed by atoms with Gasteiger partial charge in [-0.25, -0.2) is 4.98 Å². The summed E-state index contributed by atoms with van der Waals surface area (Å²) in [4.78, 5) is 29.3. The van der Waals surface area contributed by atoms with E-state index in [0.717, 1.165) is 5.01 Å². The van der Waals surface area contributed by atoms with Gasteiger partial charge in [0, 0.05) is 28.4 Å². The number of carbonyl (C=O) groups is 2. The topological polar surface area (TPSA) is 86.1 Å². The van der Waals surface area contributed by atoms with Crippen molar-refractivity contribution in [1.29, 1.82) is 0 Å². The summed E-state index contributed by atoms with van der Waals surface area (Å²) in [5, 5.41) is 10.7. The Bertz CT molecular complexity index is 971. The van der Waals surface area contributed by atoms with Crippen molar-refractivity contribution in [3.63, 3.8) is 0 Å². The van der Waals surface area contributed by atoms with Gasteiger partial charge < -0.3 is 10.1 Å². The molecule has 1 N–H and O–H groups in total. The number of methoxy groups -OCH3 is 1. The number of nitrogens with zero attached hydrogens (tertiary/aromatic N) is 3.